The maximum Gasteiger partial charge on any atom is 0.0951 e. The molecule has 0 N–H and O–H groups in total. The van der Waals surface area contributed by atoms with Crippen LogP contribution in [0.1, 0.15) is 39.0 Å². The molecule has 62 valence electrons. The van der Waals surface area contributed by atoms with Crippen molar-refractivity contribution < 1.29 is 4.74 Å². The Hall–Kier alpha value is -0.460. The second-order valence-corrected chi connectivity index (χ2v) is 3.85. The average molecular weight is 152 g/mol. The van der Waals surface area contributed by atoms with Crippen LogP contribution in [-0.2, 0) is 4.74 Å². The Morgan fingerprint density at radius 3 is 3.00 bits per heavy atom. The fourth-order valence-electron chi connectivity index (χ4n) is 2.05. The summed E-state index contributed by atoms with van der Waals surface area (Å²) in [6.45, 7) is 3.23. The fraction of sp³-hybridized carbons (Fsp3) is 0.800. The Bertz CT molecular complexity index is 181. The highest BCUT2D eigenvalue weighted by atomic mass is 16.5. The molecule has 0 aromatic rings. The molecule has 2 aliphatic rings. The van der Waals surface area contributed by atoms with Crippen molar-refractivity contribution in [1.82, 2.24) is 0 Å². The third-order valence-corrected chi connectivity index (χ3v) is 2.66. The molecule has 0 aromatic carbocycles. The Morgan fingerprint density at radius 1 is 1.27 bits per heavy atom. The zero-order valence-corrected chi connectivity index (χ0v) is 7.23. The molecule has 0 spiro atoms. The first-order chi connectivity index (χ1) is 5.36. The topological polar surface area (TPSA) is 9.23 Å². The smallest absolute Gasteiger partial charge is 0.0951 e. The first-order valence-electron chi connectivity index (χ1n) is 4.70. The van der Waals surface area contributed by atoms with Gasteiger partial charge in [-0.05, 0) is 37.2 Å². The van der Waals surface area contributed by atoms with Gasteiger partial charge < -0.3 is 4.74 Å². The Balaban J connectivity index is 2.12. The summed E-state index contributed by atoms with van der Waals surface area (Å²) in [4.78, 5) is 0. The highest BCUT2D eigenvalue weighted by molar-refractivity contribution is 5.14. The average Bonchev–Trinajstić information content (AvgIpc) is 2.04. The largest absolute Gasteiger partial charge is 0.498 e. The van der Waals surface area contributed by atoms with Gasteiger partial charge in [0, 0.05) is 6.42 Å². The molecule has 1 unspecified atom stereocenters. The van der Waals surface area contributed by atoms with E-state index in [1.165, 1.54) is 37.9 Å². The molecule has 1 heteroatoms. The first kappa shape index (κ1) is 7.20. The van der Waals surface area contributed by atoms with Gasteiger partial charge in [0.2, 0.25) is 0 Å². The predicted octanol–water partition coefficient (Wildman–Crippen LogP) is 2.87. The summed E-state index contributed by atoms with van der Waals surface area (Å²) in [6.07, 6.45) is 6.54. The van der Waals surface area contributed by atoms with Crippen LogP contribution in [-0.4, -0.2) is 6.61 Å². The molecule has 2 rings (SSSR count). The summed E-state index contributed by atoms with van der Waals surface area (Å²) in [5.41, 5.74) is 1.62. The lowest BCUT2D eigenvalue weighted by Crippen LogP contribution is -2.17. The molecule has 0 saturated heterocycles. The van der Waals surface area contributed by atoms with Crippen LogP contribution in [0.25, 0.3) is 0 Å². The van der Waals surface area contributed by atoms with Crippen LogP contribution >= 0.6 is 0 Å². The zero-order valence-electron chi connectivity index (χ0n) is 7.23. The van der Waals surface area contributed by atoms with Crippen LogP contribution in [0, 0.1) is 5.92 Å². The SMILES string of the molecule is CC1COC2=C(CCCC2)C1. The lowest BCUT2D eigenvalue weighted by Gasteiger charge is -2.28. The molecular formula is C10H16O. The number of rotatable bonds is 0. The Labute approximate surface area is 68.4 Å². The van der Waals surface area contributed by atoms with Gasteiger partial charge in [0.15, 0.2) is 0 Å². The van der Waals surface area contributed by atoms with Crippen molar-refractivity contribution in [2.45, 2.75) is 39.0 Å². The van der Waals surface area contributed by atoms with Gasteiger partial charge in [0.25, 0.3) is 0 Å². The summed E-state index contributed by atoms with van der Waals surface area (Å²) >= 11 is 0. The normalized spacial score (nSPS) is 31.2. The van der Waals surface area contributed by atoms with Crippen LogP contribution in [0.15, 0.2) is 11.3 Å². The van der Waals surface area contributed by atoms with Gasteiger partial charge in [-0.15, -0.1) is 0 Å². The Morgan fingerprint density at radius 2 is 2.09 bits per heavy atom. The highest BCUT2D eigenvalue weighted by Crippen LogP contribution is 2.33. The van der Waals surface area contributed by atoms with Crippen molar-refractivity contribution in [3.8, 4) is 0 Å². The van der Waals surface area contributed by atoms with E-state index < -0.39 is 0 Å². The molecule has 0 bridgehead atoms. The van der Waals surface area contributed by atoms with Gasteiger partial charge in [0.1, 0.15) is 0 Å². The molecule has 1 nitrogen and oxygen atoms in total. The quantitative estimate of drug-likeness (QED) is 0.518. The summed E-state index contributed by atoms with van der Waals surface area (Å²) in [5.74, 6) is 2.10. The molecule has 1 atom stereocenters. The van der Waals surface area contributed by atoms with Gasteiger partial charge in [-0.3, -0.25) is 0 Å². The Kier molecular flexibility index (Phi) is 1.89. The van der Waals surface area contributed by atoms with Crippen molar-refractivity contribution in [2.75, 3.05) is 6.61 Å². The second kappa shape index (κ2) is 2.88. The van der Waals surface area contributed by atoms with Gasteiger partial charge in [-0.2, -0.15) is 0 Å². The van der Waals surface area contributed by atoms with E-state index in [0.29, 0.717) is 0 Å². The number of hydrogen-bond donors (Lipinski definition) is 0. The third-order valence-electron chi connectivity index (χ3n) is 2.66. The third kappa shape index (κ3) is 1.42. The molecular weight excluding hydrogens is 136 g/mol. The second-order valence-electron chi connectivity index (χ2n) is 3.85. The standard InChI is InChI=1S/C10H16O/c1-8-6-9-4-2-3-5-10(9)11-7-8/h8H,2-7H2,1H3. The van der Waals surface area contributed by atoms with Crippen molar-refractivity contribution >= 4 is 0 Å². The molecule has 0 fully saturated rings. The fourth-order valence-corrected chi connectivity index (χ4v) is 2.05. The summed E-state index contributed by atoms with van der Waals surface area (Å²) in [5, 5.41) is 0. The van der Waals surface area contributed by atoms with Crippen molar-refractivity contribution in [1.29, 1.82) is 0 Å². The van der Waals surface area contributed by atoms with Crippen LogP contribution in [0.3, 0.4) is 0 Å². The van der Waals surface area contributed by atoms with Crippen LogP contribution < -0.4 is 0 Å². The molecule has 11 heavy (non-hydrogen) atoms. The van der Waals surface area contributed by atoms with Crippen LogP contribution in [0.2, 0.25) is 0 Å². The van der Waals surface area contributed by atoms with E-state index >= 15 is 0 Å². The maximum atomic E-state index is 5.67. The summed E-state index contributed by atoms with van der Waals surface area (Å²) in [6, 6.07) is 0. The number of ether oxygens (including phenoxy) is 1. The molecule has 1 heterocycles. The molecule has 0 radical (unpaired) electrons. The maximum absolute atomic E-state index is 5.67. The molecule has 1 aliphatic carbocycles. The van der Waals surface area contributed by atoms with E-state index in [1.807, 2.05) is 0 Å². The van der Waals surface area contributed by atoms with E-state index in [4.69, 9.17) is 4.74 Å². The molecule has 0 aromatic heterocycles. The van der Waals surface area contributed by atoms with E-state index in [-0.39, 0.29) is 0 Å². The van der Waals surface area contributed by atoms with E-state index in [2.05, 4.69) is 6.92 Å². The molecule has 1 aliphatic heterocycles. The van der Waals surface area contributed by atoms with Crippen molar-refractivity contribution in [2.24, 2.45) is 5.92 Å². The van der Waals surface area contributed by atoms with E-state index in [0.717, 1.165) is 12.5 Å². The minimum Gasteiger partial charge on any atom is -0.498 e. The minimum atomic E-state index is 0.756. The minimum absolute atomic E-state index is 0.756. The van der Waals surface area contributed by atoms with Gasteiger partial charge in [-0.1, -0.05) is 6.92 Å². The predicted molar refractivity (Wildman–Crippen MR) is 45.2 cm³/mol. The van der Waals surface area contributed by atoms with Crippen LogP contribution in [0.5, 0.6) is 0 Å². The van der Waals surface area contributed by atoms with Crippen LogP contribution in [0.4, 0.5) is 0 Å². The summed E-state index contributed by atoms with van der Waals surface area (Å²) < 4.78 is 5.67. The van der Waals surface area contributed by atoms with Gasteiger partial charge >= 0.3 is 0 Å². The number of hydrogen-bond acceptors (Lipinski definition) is 1. The lowest BCUT2D eigenvalue weighted by atomic mass is 9.89. The van der Waals surface area contributed by atoms with Crippen molar-refractivity contribution in [3.63, 3.8) is 0 Å². The summed E-state index contributed by atoms with van der Waals surface area (Å²) in [7, 11) is 0. The lowest BCUT2D eigenvalue weighted by molar-refractivity contribution is 0.131. The van der Waals surface area contributed by atoms with Gasteiger partial charge in [-0.25, -0.2) is 0 Å². The highest BCUT2D eigenvalue weighted by Gasteiger charge is 2.21. The van der Waals surface area contributed by atoms with Crippen molar-refractivity contribution in [3.05, 3.63) is 11.3 Å². The van der Waals surface area contributed by atoms with Gasteiger partial charge in [0.05, 0.1) is 12.4 Å². The van der Waals surface area contributed by atoms with E-state index in [1.54, 1.807) is 5.57 Å². The van der Waals surface area contributed by atoms with E-state index in [9.17, 15) is 0 Å². The first-order valence-corrected chi connectivity index (χ1v) is 4.70. The number of allylic oxidation sites excluding steroid dienone is 2. The molecule has 0 amide bonds. The molecule has 0 saturated carbocycles. The zero-order chi connectivity index (χ0) is 7.68. The monoisotopic (exact) mass is 152 g/mol.